The highest BCUT2D eigenvalue weighted by molar-refractivity contribution is 4.97. The molecule has 0 radical (unpaired) electrons. The van der Waals surface area contributed by atoms with Gasteiger partial charge in [0, 0.05) is 25.5 Å². The monoisotopic (exact) mass is 253 g/mol. The molecule has 2 N–H and O–H groups in total. The first kappa shape index (κ1) is 13.5. The SMILES string of the molecule is COCC(N)Cc1nc(C2CCCCCC2)no1. The third kappa shape index (κ3) is 3.78. The summed E-state index contributed by atoms with van der Waals surface area (Å²) in [5.41, 5.74) is 5.88. The molecule has 102 valence electrons. The van der Waals surface area contributed by atoms with Crippen LogP contribution in [0, 0.1) is 0 Å². The molecule has 1 aliphatic rings. The fourth-order valence-electron chi connectivity index (χ4n) is 2.55. The molecule has 0 aromatic carbocycles. The summed E-state index contributed by atoms with van der Waals surface area (Å²) in [6.45, 7) is 0.515. The van der Waals surface area contributed by atoms with Crippen LogP contribution in [0.15, 0.2) is 4.52 Å². The summed E-state index contributed by atoms with van der Waals surface area (Å²) < 4.78 is 10.3. The predicted octanol–water partition coefficient (Wildman–Crippen LogP) is 2.02. The topological polar surface area (TPSA) is 74.2 Å². The zero-order valence-electron chi connectivity index (χ0n) is 11.1. The lowest BCUT2D eigenvalue weighted by Gasteiger charge is -2.08. The smallest absolute Gasteiger partial charge is 0.228 e. The fourth-order valence-corrected chi connectivity index (χ4v) is 2.55. The van der Waals surface area contributed by atoms with E-state index in [4.69, 9.17) is 15.0 Å². The number of aromatic nitrogens is 2. The van der Waals surface area contributed by atoms with Gasteiger partial charge in [-0.05, 0) is 12.8 Å². The van der Waals surface area contributed by atoms with Crippen LogP contribution in [-0.4, -0.2) is 29.9 Å². The maximum atomic E-state index is 5.88. The molecule has 1 unspecified atom stereocenters. The van der Waals surface area contributed by atoms with Gasteiger partial charge < -0.3 is 15.0 Å². The van der Waals surface area contributed by atoms with Crippen molar-refractivity contribution in [1.82, 2.24) is 10.1 Å². The van der Waals surface area contributed by atoms with Crippen molar-refractivity contribution in [2.24, 2.45) is 5.73 Å². The first-order valence-electron chi connectivity index (χ1n) is 6.86. The standard InChI is InChI=1S/C13H23N3O2/c1-17-9-11(14)8-12-15-13(16-18-12)10-6-4-2-3-5-7-10/h10-11H,2-9,14H2,1H3. The van der Waals surface area contributed by atoms with E-state index in [1.165, 1.54) is 38.5 Å². The average Bonchev–Trinajstić information content (AvgIpc) is 2.64. The zero-order valence-corrected chi connectivity index (χ0v) is 11.1. The molecule has 5 nitrogen and oxygen atoms in total. The Hall–Kier alpha value is -0.940. The first-order valence-corrected chi connectivity index (χ1v) is 6.86. The molecule has 1 aliphatic carbocycles. The molecule has 0 spiro atoms. The summed E-state index contributed by atoms with van der Waals surface area (Å²) in [6, 6.07) is -0.0718. The second-order valence-corrected chi connectivity index (χ2v) is 5.15. The number of nitrogens with two attached hydrogens (primary N) is 1. The van der Waals surface area contributed by atoms with Gasteiger partial charge in [-0.1, -0.05) is 30.8 Å². The van der Waals surface area contributed by atoms with Crippen LogP contribution in [0.3, 0.4) is 0 Å². The van der Waals surface area contributed by atoms with Gasteiger partial charge >= 0.3 is 0 Å². The summed E-state index contributed by atoms with van der Waals surface area (Å²) in [5.74, 6) is 1.99. The molecule has 1 atom stereocenters. The van der Waals surface area contributed by atoms with Gasteiger partial charge in [-0.3, -0.25) is 0 Å². The Morgan fingerprint density at radius 2 is 2.06 bits per heavy atom. The molecule has 5 heteroatoms. The lowest BCUT2D eigenvalue weighted by molar-refractivity contribution is 0.176. The van der Waals surface area contributed by atoms with Crippen molar-refractivity contribution in [2.45, 2.75) is 56.9 Å². The number of methoxy groups -OCH3 is 1. The minimum absolute atomic E-state index is 0.0718. The molecule has 1 saturated carbocycles. The minimum Gasteiger partial charge on any atom is -0.383 e. The third-order valence-electron chi connectivity index (χ3n) is 3.52. The fraction of sp³-hybridized carbons (Fsp3) is 0.846. The van der Waals surface area contributed by atoms with Gasteiger partial charge in [0.25, 0.3) is 0 Å². The van der Waals surface area contributed by atoms with E-state index in [-0.39, 0.29) is 6.04 Å². The molecular weight excluding hydrogens is 230 g/mol. The number of nitrogens with zero attached hydrogens (tertiary/aromatic N) is 2. The van der Waals surface area contributed by atoms with Gasteiger partial charge in [0.15, 0.2) is 5.82 Å². The van der Waals surface area contributed by atoms with E-state index in [1.807, 2.05) is 0 Å². The lowest BCUT2D eigenvalue weighted by Crippen LogP contribution is -2.28. The Labute approximate surface area is 108 Å². The molecule has 1 aromatic heterocycles. The van der Waals surface area contributed by atoms with Crippen molar-refractivity contribution >= 4 is 0 Å². The van der Waals surface area contributed by atoms with Crippen molar-refractivity contribution in [3.8, 4) is 0 Å². The number of ether oxygens (including phenoxy) is 1. The maximum absolute atomic E-state index is 5.88. The van der Waals surface area contributed by atoms with E-state index in [0.717, 1.165) is 5.82 Å². The molecule has 1 fully saturated rings. The van der Waals surface area contributed by atoms with E-state index in [1.54, 1.807) is 7.11 Å². The summed E-state index contributed by atoms with van der Waals surface area (Å²) >= 11 is 0. The summed E-state index contributed by atoms with van der Waals surface area (Å²) in [7, 11) is 1.64. The Kier molecular flexibility index (Phi) is 5.13. The molecule has 2 rings (SSSR count). The van der Waals surface area contributed by atoms with E-state index in [9.17, 15) is 0 Å². The van der Waals surface area contributed by atoms with E-state index in [2.05, 4.69) is 10.1 Å². The van der Waals surface area contributed by atoms with Crippen molar-refractivity contribution in [3.63, 3.8) is 0 Å². The van der Waals surface area contributed by atoms with Crippen molar-refractivity contribution in [3.05, 3.63) is 11.7 Å². The van der Waals surface area contributed by atoms with Crippen LogP contribution in [0.25, 0.3) is 0 Å². The number of hydrogen-bond donors (Lipinski definition) is 1. The van der Waals surface area contributed by atoms with E-state index in [0.29, 0.717) is 24.8 Å². The largest absolute Gasteiger partial charge is 0.383 e. The Bertz CT molecular complexity index is 346. The molecule has 1 aromatic rings. The summed E-state index contributed by atoms with van der Waals surface area (Å²) in [6.07, 6.45) is 8.18. The maximum Gasteiger partial charge on any atom is 0.228 e. The van der Waals surface area contributed by atoms with Gasteiger partial charge in [-0.25, -0.2) is 0 Å². The Morgan fingerprint density at radius 3 is 2.72 bits per heavy atom. The highest BCUT2D eigenvalue weighted by atomic mass is 16.5. The predicted molar refractivity (Wildman–Crippen MR) is 68.3 cm³/mol. The van der Waals surface area contributed by atoms with Crippen LogP contribution in [-0.2, 0) is 11.2 Å². The van der Waals surface area contributed by atoms with Gasteiger partial charge in [0.05, 0.1) is 6.61 Å². The van der Waals surface area contributed by atoms with Crippen LogP contribution >= 0.6 is 0 Å². The quantitative estimate of drug-likeness (QED) is 0.813. The molecule has 1 heterocycles. The van der Waals surface area contributed by atoms with Crippen molar-refractivity contribution in [1.29, 1.82) is 0 Å². The van der Waals surface area contributed by atoms with E-state index >= 15 is 0 Å². The molecule has 0 amide bonds. The summed E-state index contributed by atoms with van der Waals surface area (Å²) in [5, 5.41) is 4.11. The number of rotatable bonds is 5. The van der Waals surface area contributed by atoms with E-state index < -0.39 is 0 Å². The Morgan fingerprint density at radius 1 is 1.33 bits per heavy atom. The Balaban J connectivity index is 1.92. The summed E-state index contributed by atoms with van der Waals surface area (Å²) in [4.78, 5) is 4.48. The number of hydrogen-bond acceptors (Lipinski definition) is 5. The van der Waals surface area contributed by atoms with Crippen molar-refractivity contribution < 1.29 is 9.26 Å². The van der Waals surface area contributed by atoms with Gasteiger partial charge in [0.2, 0.25) is 5.89 Å². The van der Waals surface area contributed by atoms with Crippen LogP contribution in [0.2, 0.25) is 0 Å². The zero-order chi connectivity index (χ0) is 12.8. The van der Waals surface area contributed by atoms with Crippen LogP contribution < -0.4 is 5.73 Å². The highest BCUT2D eigenvalue weighted by Crippen LogP contribution is 2.29. The molecule has 18 heavy (non-hydrogen) atoms. The van der Waals surface area contributed by atoms with Crippen molar-refractivity contribution in [2.75, 3.05) is 13.7 Å². The van der Waals surface area contributed by atoms with Crippen LogP contribution in [0.1, 0.15) is 56.2 Å². The second kappa shape index (κ2) is 6.85. The molecule has 0 saturated heterocycles. The molecular formula is C13H23N3O2. The van der Waals surface area contributed by atoms with Gasteiger partial charge in [-0.15, -0.1) is 0 Å². The minimum atomic E-state index is -0.0718. The normalized spacial score (nSPS) is 19.7. The lowest BCUT2D eigenvalue weighted by atomic mass is 10.00. The highest BCUT2D eigenvalue weighted by Gasteiger charge is 2.20. The average molecular weight is 253 g/mol. The van der Waals surface area contributed by atoms with Crippen LogP contribution in [0.5, 0.6) is 0 Å². The molecule has 0 aliphatic heterocycles. The third-order valence-corrected chi connectivity index (χ3v) is 3.52. The van der Waals surface area contributed by atoms with Gasteiger partial charge in [-0.2, -0.15) is 4.98 Å². The first-order chi connectivity index (χ1) is 8.79. The second-order valence-electron chi connectivity index (χ2n) is 5.15. The molecule has 0 bridgehead atoms. The van der Waals surface area contributed by atoms with Gasteiger partial charge in [0.1, 0.15) is 0 Å². The van der Waals surface area contributed by atoms with Crippen LogP contribution in [0.4, 0.5) is 0 Å².